The highest BCUT2D eigenvalue weighted by molar-refractivity contribution is 9.39. The summed E-state index contributed by atoms with van der Waals surface area (Å²) in [5.74, 6) is -0.537. The first-order valence-corrected chi connectivity index (χ1v) is 13.1. The zero-order valence-corrected chi connectivity index (χ0v) is 24.3. The molecule has 0 N–H and O–H groups in total. The molecule has 0 amide bonds. The maximum atomic E-state index is 12.9. The van der Waals surface area contributed by atoms with Crippen molar-refractivity contribution >= 4 is 66.3 Å². The fourth-order valence-corrected chi connectivity index (χ4v) is 3.72. The summed E-state index contributed by atoms with van der Waals surface area (Å²) in [6.45, 7) is 15.0. The molecule has 0 unspecified atom stereocenters. The summed E-state index contributed by atoms with van der Waals surface area (Å²) >= 11 is 10.2. The third-order valence-corrected chi connectivity index (χ3v) is 6.63. The van der Waals surface area contributed by atoms with Crippen LogP contribution in [0.5, 0.6) is 0 Å². The Morgan fingerprint density at radius 2 is 1.55 bits per heavy atom. The standard InChI is InChI=1S/C23H34BBr3O4/c1-20(2,3)14-8-9-18(19(28)29-15-23(25,26)27)16-10-12-17(13-11-16)24-30-21(4,5)22(6,7)31-24/h10-13,18H,8-9,14-15H2,1-7H3/t18-/m0/s1. The summed E-state index contributed by atoms with van der Waals surface area (Å²) in [7, 11) is -0.416. The predicted molar refractivity (Wildman–Crippen MR) is 139 cm³/mol. The molecule has 31 heavy (non-hydrogen) atoms. The molecular weight excluding hydrogens is 591 g/mol. The molecule has 1 heterocycles. The summed E-state index contributed by atoms with van der Waals surface area (Å²) in [6.07, 6.45) is 2.73. The fourth-order valence-electron chi connectivity index (χ4n) is 3.38. The number of esters is 1. The first-order chi connectivity index (χ1) is 14.0. The number of carbonyl (C=O) groups is 1. The van der Waals surface area contributed by atoms with Gasteiger partial charge in [0, 0.05) is 0 Å². The summed E-state index contributed by atoms with van der Waals surface area (Å²) < 4.78 is 17.2. The Kier molecular flexibility index (Phi) is 8.97. The maximum Gasteiger partial charge on any atom is 0.494 e. The van der Waals surface area contributed by atoms with Crippen LogP contribution in [0.2, 0.25) is 0 Å². The molecule has 0 aliphatic carbocycles. The van der Waals surface area contributed by atoms with Crippen molar-refractivity contribution in [3.63, 3.8) is 0 Å². The van der Waals surface area contributed by atoms with Crippen molar-refractivity contribution in [2.24, 2.45) is 5.41 Å². The van der Waals surface area contributed by atoms with E-state index in [9.17, 15) is 4.79 Å². The maximum absolute atomic E-state index is 12.9. The zero-order chi connectivity index (χ0) is 23.7. The smallest absolute Gasteiger partial charge is 0.462 e. The number of rotatable bonds is 7. The van der Waals surface area contributed by atoms with E-state index >= 15 is 0 Å². The lowest BCUT2D eigenvalue weighted by molar-refractivity contribution is -0.145. The van der Waals surface area contributed by atoms with Gasteiger partial charge in [-0.3, -0.25) is 4.79 Å². The molecule has 1 saturated heterocycles. The fraction of sp³-hybridized carbons (Fsp3) is 0.696. The number of alkyl halides is 3. The summed E-state index contributed by atoms with van der Waals surface area (Å²) in [5, 5.41) is 0. The van der Waals surface area contributed by atoms with E-state index in [-0.39, 0.29) is 35.1 Å². The van der Waals surface area contributed by atoms with Crippen LogP contribution in [0, 0.1) is 5.41 Å². The Labute approximate surface area is 213 Å². The number of hydrogen-bond acceptors (Lipinski definition) is 4. The third kappa shape index (κ3) is 8.13. The van der Waals surface area contributed by atoms with Crippen molar-refractivity contribution in [3.8, 4) is 0 Å². The van der Waals surface area contributed by atoms with E-state index in [1.165, 1.54) is 0 Å². The van der Waals surface area contributed by atoms with Gasteiger partial charge in [0.25, 0.3) is 0 Å². The van der Waals surface area contributed by atoms with E-state index < -0.39 is 9.26 Å². The van der Waals surface area contributed by atoms with Crippen molar-refractivity contribution in [3.05, 3.63) is 29.8 Å². The van der Waals surface area contributed by atoms with Crippen LogP contribution in [0.15, 0.2) is 24.3 Å². The monoisotopic (exact) mass is 622 g/mol. The van der Waals surface area contributed by atoms with Crippen LogP contribution in [-0.2, 0) is 18.8 Å². The molecule has 1 atom stereocenters. The molecule has 0 spiro atoms. The van der Waals surface area contributed by atoms with E-state index in [1.54, 1.807) is 0 Å². The topological polar surface area (TPSA) is 44.8 Å². The minimum Gasteiger partial charge on any atom is -0.462 e. The van der Waals surface area contributed by atoms with Crippen LogP contribution < -0.4 is 5.46 Å². The van der Waals surface area contributed by atoms with Gasteiger partial charge >= 0.3 is 13.1 Å². The van der Waals surface area contributed by atoms with Gasteiger partial charge < -0.3 is 14.0 Å². The van der Waals surface area contributed by atoms with Gasteiger partial charge in [0.15, 0.2) is 2.14 Å². The van der Waals surface area contributed by atoms with Crippen LogP contribution in [0.1, 0.15) is 79.2 Å². The van der Waals surface area contributed by atoms with Crippen LogP contribution in [0.4, 0.5) is 0 Å². The Hall–Kier alpha value is 0.115. The molecular formula is C23H34BBr3O4. The molecule has 1 aliphatic heterocycles. The van der Waals surface area contributed by atoms with Crippen LogP contribution in [0.3, 0.4) is 0 Å². The number of ether oxygens (including phenoxy) is 1. The largest absolute Gasteiger partial charge is 0.494 e. The van der Waals surface area contributed by atoms with Crippen LogP contribution in [-0.4, -0.2) is 33.0 Å². The lowest BCUT2D eigenvalue weighted by atomic mass is 9.78. The molecule has 0 bridgehead atoms. The van der Waals surface area contributed by atoms with Gasteiger partial charge in [-0.15, -0.1) is 0 Å². The van der Waals surface area contributed by atoms with Crippen molar-refractivity contribution in [2.45, 2.75) is 87.0 Å². The normalized spacial score (nSPS) is 19.4. The molecule has 4 nitrogen and oxygen atoms in total. The average Bonchev–Trinajstić information content (AvgIpc) is 2.83. The molecule has 174 valence electrons. The lowest BCUT2D eigenvalue weighted by Gasteiger charge is -2.32. The van der Waals surface area contributed by atoms with Crippen molar-refractivity contribution in [1.82, 2.24) is 0 Å². The molecule has 1 aromatic carbocycles. The van der Waals surface area contributed by atoms with Gasteiger partial charge in [-0.25, -0.2) is 0 Å². The summed E-state index contributed by atoms with van der Waals surface area (Å²) in [5.41, 5.74) is 1.35. The second-order valence-corrected chi connectivity index (χ2v) is 17.7. The Morgan fingerprint density at radius 3 is 2.00 bits per heavy atom. The van der Waals surface area contributed by atoms with Crippen molar-refractivity contribution in [1.29, 1.82) is 0 Å². The van der Waals surface area contributed by atoms with E-state index in [0.29, 0.717) is 0 Å². The zero-order valence-electron chi connectivity index (χ0n) is 19.6. The highest BCUT2D eigenvalue weighted by atomic mass is 80.0. The third-order valence-electron chi connectivity index (χ3n) is 5.95. The number of benzene rings is 1. The number of halogens is 3. The van der Waals surface area contributed by atoms with Gasteiger partial charge in [-0.05, 0) is 57.0 Å². The second-order valence-electron chi connectivity index (χ2n) is 10.5. The van der Waals surface area contributed by atoms with Gasteiger partial charge in [0.05, 0.1) is 17.1 Å². The molecule has 0 saturated carbocycles. The van der Waals surface area contributed by atoms with Gasteiger partial charge in [-0.2, -0.15) is 0 Å². The van der Waals surface area contributed by atoms with Gasteiger partial charge in [-0.1, -0.05) is 99.2 Å². The van der Waals surface area contributed by atoms with E-state index in [2.05, 4.69) is 68.6 Å². The number of carbonyl (C=O) groups excluding carboxylic acids is 1. The highest BCUT2D eigenvalue weighted by Gasteiger charge is 2.51. The second kappa shape index (κ2) is 10.2. The highest BCUT2D eigenvalue weighted by Crippen LogP contribution is 2.37. The minimum absolute atomic E-state index is 0.174. The first-order valence-electron chi connectivity index (χ1n) is 10.7. The molecule has 1 aliphatic rings. The Balaban J connectivity index is 2.16. The molecule has 1 fully saturated rings. The van der Waals surface area contributed by atoms with E-state index in [1.807, 2.05) is 52.0 Å². The molecule has 1 aromatic rings. The quantitative estimate of drug-likeness (QED) is 0.193. The van der Waals surface area contributed by atoms with Gasteiger partial charge in [0.1, 0.15) is 6.61 Å². The SMILES string of the molecule is CC(C)(C)CCC[C@H](C(=O)OCC(Br)(Br)Br)c1ccc(B2OC(C)(C)C(C)(C)O2)cc1. The lowest BCUT2D eigenvalue weighted by Crippen LogP contribution is -2.41. The Morgan fingerprint density at radius 1 is 1.03 bits per heavy atom. The first kappa shape index (κ1) is 27.4. The molecule has 8 heteroatoms. The van der Waals surface area contributed by atoms with E-state index in [0.717, 1.165) is 30.3 Å². The summed E-state index contributed by atoms with van der Waals surface area (Å²) in [6, 6.07) is 7.97. The van der Waals surface area contributed by atoms with Crippen molar-refractivity contribution in [2.75, 3.05) is 6.61 Å². The van der Waals surface area contributed by atoms with Crippen LogP contribution >= 0.6 is 47.8 Å². The minimum atomic E-state index is -0.612. The number of hydrogen-bond donors (Lipinski definition) is 0. The molecule has 0 aromatic heterocycles. The average molecular weight is 625 g/mol. The van der Waals surface area contributed by atoms with E-state index in [4.69, 9.17) is 14.0 Å². The predicted octanol–water partition coefficient (Wildman–Crippen LogP) is 6.67. The van der Waals surface area contributed by atoms with Crippen molar-refractivity contribution < 1.29 is 18.8 Å². The molecule has 2 rings (SSSR count). The summed E-state index contributed by atoms with van der Waals surface area (Å²) in [4.78, 5) is 12.9. The van der Waals surface area contributed by atoms with Gasteiger partial charge in [0.2, 0.25) is 0 Å². The van der Waals surface area contributed by atoms with Crippen LogP contribution in [0.25, 0.3) is 0 Å². The Bertz CT molecular complexity index is 736. The molecule has 0 radical (unpaired) electrons.